The molecule has 3 aromatic rings. The SMILES string of the molecule is COc1ccc(CNCc2c(OC(F)F)ccc3ccccc23)c(OC)c1OC. The second-order valence-corrected chi connectivity index (χ2v) is 6.24. The highest BCUT2D eigenvalue weighted by atomic mass is 19.3. The predicted molar refractivity (Wildman–Crippen MR) is 107 cm³/mol. The normalized spacial score (nSPS) is 11.0. The Bertz CT molecular complexity index is 978. The maximum absolute atomic E-state index is 12.9. The van der Waals surface area contributed by atoms with Crippen molar-refractivity contribution in [2.45, 2.75) is 19.7 Å². The first-order valence-electron chi connectivity index (χ1n) is 9.03. The molecule has 1 N–H and O–H groups in total. The van der Waals surface area contributed by atoms with Gasteiger partial charge in [0.25, 0.3) is 0 Å². The minimum absolute atomic E-state index is 0.158. The van der Waals surface area contributed by atoms with Crippen molar-refractivity contribution in [1.29, 1.82) is 0 Å². The first-order valence-corrected chi connectivity index (χ1v) is 9.03. The lowest BCUT2D eigenvalue weighted by Crippen LogP contribution is -2.16. The molecular formula is C22H23F2NO4. The number of methoxy groups -OCH3 is 3. The molecule has 0 heterocycles. The van der Waals surface area contributed by atoms with Crippen LogP contribution in [0.15, 0.2) is 48.5 Å². The van der Waals surface area contributed by atoms with Crippen LogP contribution in [-0.2, 0) is 13.1 Å². The largest absolute Gasteiger partial charge is 0.493 e. The van der Waals surface area contributed by atoms with Crippen molar-refractivity contribution < 1.29 is 27.7 Å². The van der Waals surface area contributed by atoms with E-state index in [1.807, 2.05) is 30.3 Å². The number of benzene rings is 3. The molecule has 0 saturated heterocycles. The number of alkyl halides is 2. The van der Waals surface area contributed by atoms with Crippen LogP contribution < -0.4 is 24.3 Å². The van der Waals surface area contributed by atoms with Crippen LogP contribution in [0.2, 0.25) is 0 Å². The highest BCUT2D eigenvalue weighted by Gasteiger charge is 2.17. The number of hydrogen-bond donors (Lipinski definition) is 1. The van der Waals surface area contributed by atoms with Crippen LogP contribution in [0.3, 0.4) is 0 Å². The Morgan fingerprint density at radius 1 is 0.793 bits per heavy atom. The van der Waals surface area contributed by atoms with Gasteiger partial charge in [-0.2, -0.15) is 8.78 Å². The molecule has 0 amide bonds. The van der Waals surface area contributed by atoms with E-state index in [0.29, 0.717) is 35.9 Å². The van der Waals surface area contributed by atoms with Gasteiger partial charge in [-0.25, -0.2) is 0 Å². The Morgan fingerprint density at radius 2 is 1.52 bits per heavy atom. The Balaban J connectivity index is 1.86. The van der Waals surface area contributed by atoms with Gasteiger partial charge in [0.15, 0.2) is 11.5 Å². The maximum Gasteiger partial charge on any atom is 0.387 e. The van der Waals surface area contributed by atoms with E-state index >= 15 is 0 Å². The zero-order chi connectivity index (χ0) is 20.8. The van der Waals surface area contributed by atoms with Gasteiger partial charge < -0.3 is 24.3 Å². The van der Waals surface area contributed by atoms with Crippen LogP contribution >= 0.6 is 0 Å². The van der Waals surface area contributed by atoms with Crippen LogP contribution in [0.5, 0.6) is 23.0 Å². The average Bonchev–Trinajstić information content (AvgIpc) is 2.73. The Labute approximate surface area is 168 Å². The van der Waals surface area contributed by atoms with Gasteiger partial charge in [-0.3, -0.25) is 0 Å². The van der Waals surface area contributed by atoms with Crippen molar-refractivity contribution in [2.75, 3.05) is 21.3 Å². The molecule has 0 radical (unpaired) electrons. The Kier molecular flexibility index (Phi) is 6.72. The third-order valence-electron chi connectivity index (χ3n) is 4.62. The lowest BCUT2D eigenvalue weighted by Gasteiger charge is -2.17. The molecule has 0 aliphatic heterocycles. The average molecular weight is 403 g/mol. The lowest BCUT2D eigenvalue weighted by molar-refractivity contribution is -0.0503. The molecule has 0 atom stereocenters. The summed E-state index contributed by atoms with van der Waals surface area (Å²) in [6.07, 6.45) is 0. The summed E-state index contributed by atoms with van der Waals surface area (Å²) < 4.78 is 46.6. The minimum Gasteiger partial charge on any atom is -0.493 e. The number of ether oxygens (including phenoxy) is 4. The van der Waals surface area contributed by atoms with Gasteiger partial charge in [0.05, 0.1) is 21.3 Å². The number of hydrogen-bond acceptors (Lipinski definition) is 5. The van der Waals surface area contributed by atoms with Crippen LogP contribution in [-0.4, -0.2) is 27.9 Å². The molecule has 3 aromatic carbocycles. The van der Waals surface area contributed by atoms with E-state index in [9.17, 15) is 8.78 Å². The second-order valence-electron chi connectivity index (χ2n) is 6.24. The van der Waals surface area contributed by atoms with Gasteiger partial charge in [-0.1, -0.05) is 36.4 Å². The van der Waals surface area contributed by atoms with E-state index in [2.05, 4.69) is 5.32 Å². The molecule has 5 nitrogen and oxygen atoms in total. The molecule has 0 fully saturated rings. The molecule has 0 aliphatic rings. The zero-order valence-corrected chi connectivity index (χ0v) is 16.5. The van der Waals surface area contributed by atoms with E-state index in [0.717, 1.165) is 16.3 Å². The van der Waals surface area contributed by atoms with Crippen molar-refractivity contribution in [1.82, 2.24) is 5.32 Å². The van der Waals surface area contributed by atoms with Gasteiger partial charge >= 0.3 is 6.61 Å². The Hall–Kier alpha value is -3.06. The van der Waals surface area contributed by atoms with Gasteiger partial charge in [0.2, 0.25) is 5.75 Å². The summed E-state index contributed by atoms with van der Waals surface area (Å²) in [6, 6.07) is 14.6. The molecule has 3 rings (SSSR count). The topological polar surface area (TPSA) is 49.0 Å². The van der Waals surface area contributed by atoms with E-state index in [4.69, 9.17) is 18.9 Å². The fourth-order valence-corrected chi connectivity index (χ4v) is 3.33. The van der Waals surface area contributed by atoms with Crippen LogP contribution in [0.25, 0.3) is 10.8 Å². The first kappa shape index (κ1) is 20.7. The summed E-state index contributed by atoms with van der Waals surface area (Å²) in [7, 11) is 4.65. The van der Waals surface area contributed by atoms with Gasteiger partial charge in [-0.15, -0.1) is 0 Å². The number of fused-ring (bicyclic) bond motifs is 1. The van der Waals surface area contributed by atoms with Crippen LogP contribution in [0.1, 0.15) is 11.1 Å². The van der Waals surface area contributed by atoms with Gasteiger partial charge in [0, 0.05) is 24.2 Å². The number of halogens is 2. The summed E-state index contributed by atoms with van der Waals surface area (Å²) in [5, 5.41) is 5.10. The number of nitrogens with one attached hydrogen (secondary N) is 1. The summed E-state index contributed by atoms with van der Waals surface area (Å²) in [5.74, 6) is 1.78. The highest BCUT2D eigenvalue weighted by molar-refractivity contribution is 5.87. The summed E-state index contributed by atoms with van der Waals surface area (Å²) in [5.41, 5.74) is 1.52. The summed E-state index contributed by atoms with van der Waals surface area (Å²) >= 11 is 0. The molecule has 0 spiro atoms. The molecule has 154 valence electrons. The number of rotatable bonds is 9. The summed E-state index contributed by atoms with van der Waals surface area (Å²) in [4.78, 5) is 0. The minimum atomic E-state index is -2.89. The van der Waals surface area contributed by atoms with Crippen LogP contribution in [0, 0.1) is 0 Å². The highest BCUT2D eigenvalue weighted by Crippen LogP contribution is 2.39. The Morgan fingerprint density at radius 3 is 2.21 bits per heavy atom. The maximum atomic E-state index is 12.9. The fourth-order valence-electron chi connectivity index (χ4n) is 3.33. The van der Waals surface area contributed by atoms with E-state index in [-0.39, 0.29) is 5.75 Å². The van der Waals surface area contributed by atoms with Crippen molar-refractivity contribution in [3.63, 3.8) is 0 Å². The molecule has 7 heteroatoms. The fraction of sp³-hybridized carbons (Fsp3) is 0.273. The quantitative estimate of drug-likeness (QED) is 0.558. The second kappa shape index (κ2) is 9.43. The van der Waals surface area contributed by atoms with Gasteiger partial charge in [0.1, 0.15) is 5.75 Å². The lowest BCUT2D eigenvalue weighted by atomic mass is 10.0. The molecule has 0 aliphatic carbocycles. The van der Waals surface area contributed by atoms with E-state index < -0.39 is 6.61 Å². The zero-order valence-electron chi connectivity index (χ0n) is 16.5. The first-order chi connectivity index (χ1) is 14.1. The standard InChI is InChI=1S/C22H23F2NO4/c1-26-19-11-9-15(20(27-2)21(19)28-3)12-25-13-17-16-7-5-4-6-14(16)8-10-18(17)29-22(23)24/h4-11,22,25H,12-13H2,1-3H3. The third kappa shape index (κ3) is 4.51. The van der Waals surface area contributed by atoms with Crippen LogP contribution in [0.4, 0.5) is 8.78 Å². The molecular weight excluding hydrogens is 380 g/mol. The van der Waals surface area contributed by atoms with E-state index in [1.165, 1.54) is 0 Å². The smallest absolute Gasteiger partial charge is 0.387 e. The molecule has 0 saturated carbocycles. The van der Waals surface area contributed by atoms with Crippen molar-refractivity contribution in [3.05, 3.63) is 59.7 Å². The molecule has 29 heavy (non-hydrogen) atoms. The van der Waals surface area contributed by atoms with Crippen molar-refractivity contribution >= 4 is 10.8 Å². The van der Waals surface area contributed by atoms with E-state index in [1.54, 1.807) is 39.5 Å². The third-order valence-corrected chi connectivity index (χ3v) is 4.62. The van der Waals surface area contributed by atoms with Crippen molar-refractivity contribution in [2.24, 2.45) is 0 Å². The van der Waals surface area contributed by atoms with Crippen molar-refractivity contribution in [3.8, 4) is 23.0 Å². The molecule has 0 bridgehead atoms. The predicted octanol–water partition coefficient (Wildman–Crippen LogP) is 4.76. The molecule has 0 aromatic heterocycles. The summed E-state index contributed by atoms with van der Waals surface area (Å²) in [6.45, 7) is -2.12. The molecule has 0 unspecified atom stereocenters. The van der Waals surface area contributed by atoms with Gasteiger partial charge in [-0.05, 0) is 22.9 Å². The monoisotopic (exact) mass is 403 g/mol.